The molecule has 0 aromatic carbocycles. The summed E-state index contributed by atoms with van der Waals surface area (Å²) in [6.07, 6.45) is 6.94. The minimum atomic E-state index is 0.239. The number of ether oxygens (including phenoxy) is 1. The van der Waals surface area contributed by atoms with Crippen molar-refractivity contribution in [1.82, 2.24) is 0 Å². The molecule has 1 atom stereocenters. The van der Waals surface area contributed by atoms with Gasteiger partial charge in [-0.3, -0.25) is 0 Å². The average molecular weight is 175 g/mol. The summed E-state index contributed by atoms with van der Waals surface area (Å²) < 4.78 is 5.06. The molecule has 0 saturated heterocycles. The first kappa shape index (κ1) is 9.08. The Kier molecular flexibility index (Phi) is 3.95. The van der Waals surface area contributed by atoms with Gasteiger partial charge in [0.15, 0.2) is 0 Å². The van der Waals surface area contributed by atoms with E-state index in [2.05, 4.69) is 6.08 Å². The molecule has 0 bridgehead atoms. The van der Waals surface area contributed by atoms with Crippen molar-refractivity contribution in [3.05, 3.63) is 11.6 Å². The first-order valence-corrected chi connectivity index (χ1v) is 4.59. The lowest BCUT2D eigenvalue weighted by molar-refractivity contribution is 0.222. The van der Waals surface area contributed by atoms with Crippen molar-refractivity contribution >= 4 is 11.6 Å². The maximum atomic E-state index is 6.02. The van der Waals surface area contributed by atoms with E-state index in [0.29, 0.717) is 0 Å². The van der Waals surface area contributed by atoms with Gasteiger partial charge in [-0.15, -0.1) is 11.6 Å². The lowest BCUT2D eigenvalue weighted by Crippen LogP contribution is -1.96. The van der Waals surface area contributed by atoms with Gasteiger partial charge >= 0.3 is 0 Å². The monoisotopic (exact) mass is 174 g/mol. The lowest BCUT2D eigenvalue weighted by atomic mass is 10.1. The van der Waals surface area contributed by atoms with Crippen LogP contribution in [0.2, 0.25) is 0 Å². The maximum Gasteiger partial charge on any atom is 0.0673 e. The smallest absolute Gasteiger partial charge is 0.0673 e. The minimum absolute atomic E-state index is 0.239. The Hall–Kier alpha value is -0.0100. The zero-order valence-electron chi connectivity index (χ0n) is 6.98. The van der Waals surface area contributed by atoms with Gasteiger partial charge in [-0.1, -0.05) is 12.5 Å². The van der Waals surface area contributed by atoms with Crippen LogP contribution >= 0.6 is 11.6 Å². The van der Waals surface area contributed by atoms with Crippen LogP contribution in [0.15, 0.2) is 11.6 Å². The minimum Gasteiger partial charge on any atom is -0.380 e. The standard InChI is InChI=1S/C9H15ClO/c1-11-7-8-4-2-3-5-9(10)6-8/h6,9H,2-5,7H2,1H3. The molecule has 0 aliphatic heterocycles. The van der Waals surface area contributed by atoms with Gasteiger partial charge in [0.05, 0.1) is 12.0 Å². The summed E-state index contributed by atoms with van der Waals surface area (Å²) in [7, 11) is 1.73. The van der Waals surface area contributed by atoms with Gasteiger partial charge in [0.25, 0.3) is 0 Å². The highest BCUT2D eigenvalue weighted by Crippen LogP contribution is 2.20. The topological polar surface area (TPSA) is 9.23 Å². The normalized spacial score (nSPS) is 26.0. The Morgan fingerprint density at radius 1 is 1.64 bits per heavy atom. The first-order valence-electron chi connectivity index (χ1n) is 4.15. The molecule has 0 spiro atoms. The fourth-order valence-corrected chi connectivity index (χ4v) is 1.75. The molecule has 0 N–H and O–H groups in total. The van der Waals surface area contributed by atoms with E-state index < -0.39 is 0 Å². The fraction of sp³-hybridized carbons (Fsp3) is 0.778. The van der Waals surface area contributed by atoms with Crippen LogP contribution in [-0.4, -0.2) is 19.1 Å². The molecular formula is C9H15ClO. The molecule has 0 amide bonds. The summed E-state index contributed by atoms with van der Waals surface area (Å²) in [5, 5.41) is 0.239. The molecule has 1 rings (SSSR count). The van der Waals surface area contributed by atoms with E-state index in [1.165, 1.54) is 18.4 Å². The highest BCUT2D eigenvalue weighted by Gasteiger charge is 2.08. The Bertz CT molecular complexity index is 142. The van der Waals surface area contributed by atoms with Crippen LogP contribution in [0.4, 0.5) is 0 Å². The molecule has 1 aliphatic carbocycles. The highest BCUT2D eigenvalue weighted by molar-refractivity contribution is 6.21. The third-order valence-electron chi connectivity index (χ3n) is 1.97. The maximum absolute atomic E-state index is 6.02. The van der Waals surface area contributed by atoms with E-state index in [1.807, 2.05) is 0 Å². The average Bonchev–Trinajstić information content (AvgIpc) is 2.15. The SMILES string of the molecule is COCC1=CC(Cl)CCCC1. The molecule has 0 heterocycles. The second-order valence-electron chi connectivity index (χ2n) is 3.02. The van der Waals surface area contributed by atoms with Crippen LogP contribution in [-0.2, 0) is 4.74 Å². The highest BCUT2D eigenvalue weighted by atomic mass is 35.5. The van der Waals surface area contributed by atoms with Crippen LogP contribution in [0.3, 0.4) is 0 Å². The van der Waals surface area contributed by atoms with E-state index in [1.54, 1.807) is 7.11 Å². The van der Waals surface area contributed by atoms with Crippen molar-refractivity contribution in [2.24, 2.45) is 0 Å². The van der Waals surface area contributed by atoms with Crippen molar-refractivity contribution < 1.29 is 4.74 Å². The van der Waals surface area contributed by atoms with E-state index in [0.717, 1.165) is 19.4 Å². The Labute approximate surface area is 73.4 Å². The summed E-state index contributed by atoms with van der Waals surface area (Å²) in [6.45, 7) is 0.753. The van der Waals surface area contributed by atoms with Gasteiger partial charge in [-0.2, -0.15) is 0 Å². The van der Waals surface area contributed by atoms with E-state index in [4.69, 9.17) is 16.3 Å². The van der Waals surface area contributed by atoms with Crippen LogP contribution in [0, 0.1) is 0 Å². The predicted octanol–water partition coefficient (Wildman–Crippen LogP) is 2.74. The van der Waals surface area contributed by atoms with Gasteiger partial charge in [-0.25, -0.2) is 0 Å². The van der Waals surface area contributed by atoms with Crippen LogP contribution in [0.1, 0.15) is 25.7 Å². The first-order chi connectivity index (χ1) is 5.33. The zero-order valence-corrected chi connectivity index (χ0v) is 7.73. The Balaban J connectivity index is 2.45. The number of hydrogen-bond acceptors (Lipinski definition) is 1. The molecular weight excluding hydrogens is 160 g/mol. The molecule has 0 radical (unpaired) electrons. The van der Waals surface area contributed by atoms with Gasteiger partial charge in [0.1, 0.15) is 0 Å². The summed E-state index contributed by atoms with van der Waals surface area (Å²) >= 11 is 6.02. The van der Waals surface area contributed by atoms with Gasteiger partial charge in [0.2, 0.25) is 0 Å². The quantitative estimate of drug-likeness (QED) is 0.462. The largest absolute Gasteiger partial charge is 0.380 e. The Morgan fingerprint density at radius 3 is 3.18 bits per heavy atom. The number of methoxy groups -OCH3 is 1. The van der Waals surface area contributed by atoms with Gasteiger partial charge < -0.3 is 4.74 Å². The lowest BCUT2D eigenvalue weighted by Gasteiger charge is -2.02. The Morgan fingerprint density at radius 2 is 2.45 bits per heavy atom. The second-order valence-corrected chi connectivity index (χ2v) is 3.58. The molecule has 1 nitrogen and oxygen atoms in total. The molecule has 0 fully saturated rings. The summed E-state index contributed by atoms with van der Waals surface area (Å²) in [4.78, 5) is 0. The molecule has 11 heavy (non-hydrogen) atoms. The summed E-state index contributed by atoms with van der Waals surface area (Å²) in [5.74, 6) is 0. The van der Waals surface area contributed by atoms with Crippen molar-refractivity contribution in [3.8, 4) is 0 Å². The van der Waals surface area contributed by atoms with Gasteiger partial charge in [0, 0.05) is 7.11 Å². The second kappa shape index (κ2) is 4.78. The number of allylic oxidation sites excluding steroid dienone is 1. The number of rotatable bonds is 2. The van der Waals surface area contributed by atoms with E-state index in [9.17, 15) is 0 Å². The third-order valence-corrected chi connectivity index (χ3v) is 2.32. The van der Waals surface area contributed by atoms with Crippen LogP contribution < -0.4 is 0 Å². The van der Waals surface area contributed by atoms with Crippen molar-refractivity contribution in [3.63, 3.8) is 0 Å². The van der Waals surface area contributed by atoms with Crippen molar-refractivity contribution in [2.75, 3.05) is 13.7 Å². The number of alkyl halides is 1. The molecule has 1 aliphatic rings. The molecule has 1 unspecified atom stereocenters. The molecule has 64 valence electrons. The zero-order chi connectivity index (χ0) is 8.10. The molecule has 2 heteroatoms. The van der Waals surface area contributed by atoms with Crippen LogP contribution in [0.5, 0.6) is 0 Å². The fourth-order valence-electron chi connectivity index (χ4n) is 1.42. The summed E-state index contributed by atoms with van der Waals surface area (Å²) in [5.41, 5.74) is 1.37. The third kappa shape index (κ3) is 3.26. The van der Waals surface area contributed by atoms with E-state index in [-0.39, 0.29) is 5.38 Å². The van der Waals surface area contributed by atoms with Gasteiger partial charge in [-0.05, 0) is 24.8 Å². The predicted molar refractivity (Wildman–Crippen MR) is 48.1 cm³/mol. The number of hydrogen-bond donors (Lipinski definition) is 0. The molecule has 0 aromatic heterocycles. The molecule has 0 saturated carbocycles. The van der Waals surface area contributed by atoms with Crippen LogP contribution in [0.25, 0.3) is 0 Å². The van der Waals surface area contributed by atoms with E-state index >= 15 is 0 Å². The van der Waals surface area contributed by atoms with Crippen molar-refractivity contribution in [2.45, 2.75) is 31.1 Å². The summed E-state index contributed by atoms with van der Waals surface area (Å²) in [6, 6.07) is 0. The number of halogens is 1. The van der Waals surface area contributed by atoms with Crippen molar-refractivity contribution in [1.29, 1.82) is 0 Å². The molecule has 0 aromatic rings.